The highest BCUT2D eigenvalue weighted by atomic mass is 16.5. The number of aryl methyl sites for hydroxylation is 1. The Morgan fingerprint density at radius 2 is 1.90 bits per heavy atom. The molecule has 0 aliphatic rings. The van der Waals surface area contributed by atoms with E-state index in [1.54, 1.807) is 41.1 Å². The van der Waals surface area contributed by atoms with Gasteiger partial charge in [0.15, 0.2) is 0 Å². The molecule has 0 spiro atoms. The topological polar surface area (TPSA) is 57.5 Å². The number of esters is 1. The molecule has 0 saturated heterocycles. The van der Waals surface area contributed by atoms with Crippen molar-refractivity contribution in [3.8, 4) is 5.75 Å². The molecular formula is C16H17NO4. The van der Waals surface area contributed by atoms with Crippen LogP contribution in [0.1, 0.15) is 16.8 Å². The summed E-state index contributed by atoms with van der Waals surface area (Å²) in [6.07, 6.45) is 2.48. The highest BCUT2D eigenvalue weighted by Gasteiger charge is 2.04. The molecule has 0 amide bonds. The number of hydrogen-bond donors (Lipinski definition) is 0. The van der Waals surface area contributed by atoms with Crippen molar-refractivity contribution in [1.82, 2.24) is 4.57 Å². The predicted molar refractivity (Wildman–Crippen MR) is 78.6 cm³/mol. The smallest absolute Gasteiger partial charge is 0.337 e. The van der Waals surface area contributed by atoms with Gasteiger partial charge in [0.25, 0.3) is 0 Å². The van der Waals surface area contributed by atoms with Crippen LogP contribution in [0.15, 0.2) is 53.5 Å². The Morgan fingerprint density at radius 3 is 2.57 bits per heavy atom. The van der Waals surface area contributed by atoms with Gasteiger partial charge < -0.3 is 14.0 Å². The van der Waals surface area contributed by atoms with Gasteiger partial charge in [-0.2, -0.15) is 0 Å². The zero-order valence-electron chi connectivity index (χ0n) is 11.8. The van der Waals surface area contributed by atoms with E-state index in [4.69, 9.17) is 4.74 Å². The van der Waals surface area contributed by atoms with Crippen molar-refractivity contribution in [1.29, 1.82) is 0 Å². The summed E-state index contributed by atoms with van der Waals surface area (Å²) in [4.78, 5) is 22.8. The standard InChI is InChI=1S/C16H17NO4/c1-20-16(19)13-6-8-14(9-7-13)21-12-4-11-17-10-3-2-5-15(17)18/h2-3,5-10H,4,11-12H2,1H3. The summed E-state index contributed by atoms with van der Waals surface area (Å²) in [6, 6.07) is 11.8. The first-order valence-electron chi connectivity index (χ1n) is 6.67. The lowest BCUT2D eigenvalue weighted by Crippen LogP contribution is -2.18. The predicted octanol–water partition coefficient (Wildman–Crippen LogP) is 2.10. The Kier molecular flexibility index (Phi) is 5.15. The van der Waals surface area contributed by atoms with Gasteiger partial charge in [0.05, 0.1) is 19.3 Å². The van der Waals surface area contributed by atoms with Gasteiger partial charge in [-0.15, -0.1) is 0 Å². The Bertz CT molecular complexity index is 646. The van der Waals surface area contributed by atoms with Crippen LogP contribution < -0.4 is 10.3 Å². The van der Waals surface area contributed by atoms with E-state index in [1.807, 2.05) is 6.07 Å². The van der Waals surface area contributed by atoms with Gasteiger partial charge in [0.1, 0.15) is 5.75 Å². The number of rotatable bonds is 6. The molecule has 5 heteroatoms. The highest BCUT2D eigenvalue weighted by Crippen LogP contribution is 2.13. The van der Waals surface area contributed by atoms with E-state index in [1.165, 1.54) is 13.2 Å². The average Bonchev–Trinajstić information content (AvgIpc) is 2.53. The molecule has 1 aromatic heterocycles. The molecule has 5 nitrogen and oxygen atoms in total. The molecule has 0 N–H and O–H groups in total. The molecule has 0 radical (unpaired) electrons. The zero-order valence-corrected chi connectivity index (χ0v) is 11.8. The van der Waals surface area contributed by atoms with Crippen LogP contribution in [0.3, 0.4) is 0 Å². The first-order valence-corrected chi connectivity index (χ1v) is 6.67. The molecule has 110 valence electrons. The number of carbonyl (C=O) groups excluding carboxylic acids is 1. The summed E-state index contributed by atoms with van der Waals surface area (Å²) >= 11 is 0. The van der Waals surface area contributed by atoms with E-state index in [0.29, 0.717) is 24.5 Å². The highest BCUT2D eigenvalue weighted by molar-refractivity contribution is 5.89. The van der Waals surface area contributed by atoms with Crippen LogP contribution in [0.25, 0.3) is 0 Å². The van der Waals surface area contributed by atoms with Crippen molar-refractivity contribution < 1.29 is 14.3 Å². The van der Waals surface area contributed by atoms with Crippen LogP contribution >= 0.6 is 0 Å². The summed E-state index contributed by atoms with van der Waals surface area (Å²) in [5.41, 5.74) is 0.473. The second-order valence-corrected chi connectivity index (χ2v) is 4.45. The third-order valence-corrected chi connectivity index (χ3v) is 2.99. The van der Waals surface area contributed by atoms with E-state index in [2.05, 4.69) is 4.74 Å². The van der Waals surface area contributed by atoms with Gasteiger partial charge in [0, 0.05) is 18.8 Å². The van der Waals surface area contributed by atoms with Gasteiger partial charge in [-0.3, -0.25) is 4.79 Å². The SMILES string of the molecule is COC(=O)c1ccc(OCCCn2ccccc2=O)cc1. The second-order valence-electron chi connectivity index (χ2n) is 4.45. The first kappa shape index (κ1) is 14.8. The normalized spacial score (nSPS) is 10.1. The van der Waals surface area contributed by atoms with Crippen LogP contribution in [-0.4, -0.2) is 24.3 Å². The van der Waals surface area contributed by atoms with Crippen molar-refractivity contribution in [2.45, 2.75) is 13.0 Å². The van der Waals surface area contributed by atoms with Gasteiger partial charge in [-0.1, -0.05) is 6.07 Å². The van der Waals surface area contributed by atoms with Crippen molar-refractivity contribution in [3.63, 3.8) is 0 Å². The van der Waals surface area contributed by atoms with E-state index in [-0.39, 0.29) is 11.5 Å². The number of carbonyl (C=O) groups is 1. The Morgan fingerprint density at radius 1 is 1.14 bits per heavy atom. The number of methoxy groups -OCH3 is 1. The quantitative estimate of drug-likeness (QED) is 0.603. The summed E-state index contributed by atoms with van der Waals surface area (Å²) in [5.74, 6) is 0.313. The molecule has 0 aliphatic heterocycles. The van der Waals surface area contributed by atoms with E-state index in [9.17, 15) is 9.59 Å². The molecule has 21 heavy (non-hydrogen) atoms. The second kappa shape index (κ2) is 7.28. The maximum atomic E-state index is 11.5. The van der Waals surface area contributed by atoms with Crippen molar-refractivity contribution in [2.24, 2.45) is 0 Å². The number of hydrogen-bond acceptors (Lipinski definition) is 4. The molecule has 2 rings (SSSR count). The lowest BCUT2D eigenvalue weighted by Gasteiger charge is -2.08. The molecule has 0 fully saturated rings. The molecular weight excluding hydrogens is 270 g/mol. The first-order chi connectivity index (χ1) is 10.2. The number of pyridine rings is 1. The van der Waals surface area contributed by atoms with Crippen LogP contribution in [0.2, 0.25) is 0 Å². The Hall–Kier alpha value is -2.56. The molecule has 1 aromatic carbocycles. The fourth-order valence-corrected chi connectivity index (χ4v) is 1.88. The summed E-state index contributed by atoms with van der Waals surface area (Å²) in [5, 5.41) is 0. The fourth-order valence-electron chi connectivity index (χ4n) is 1.88. The van der Waals surface area contributed by atoms with Crippen molar-refractivity contribution in [3.05, 3.63) is 64.6 Å². The molecule has 0 aliphatic carbocycles. The lowest BCUT2D eigenvalue weighted by atomic mass is 10.2. The number of benzene rings is 1. The third kappa shape index (κ3) is 4.21. The Labute approximate surface area is 122 Å². The minimum absolute atomic E-state index is 0.0140. The van der Waals surface area contributed by atoms with Gasteiger partial charge in [-0.05, 0) is 36.8 Å². The molecule has 0 saturated carbocycles. The van der Waals surface area contributed by atoms with Crippen LogP contribution in [-0.2, 0) is 11.3 Å². The minimum Gasteiger partial charge on any atom is -0.494 e. The monoisotopic (exact) mass is 287 g/mol. The van der Waals surface area contributed by atoms with E-state index in [0.717, 1.165) is 6.42 Å². The van der Waals surface area contributed by atoms with Crippen molar-refractivity contribution in [2.75, 3.05) is 13.7 Å². The number of nitrogens with zero attached hydrogens (tertiary/aromatic N) is 1. The number of ether oxygens (including phenoxy) is 2. The summed E-state index contributed by atoms with van der Waals surface area (Å²) in [6.45, 7) is 1.11. The molecule has 2 aromatic rings. The molecule has 0 unspecified atom stereocenters. The summed E-state index contributed by atoms with van der Waals surface area (Å²) < 4.78 is 11.8. The molecule has 0 atom stereocenters. The maximum Gasteiger partial charge on any atom is 0.337 e. The summed E-state index contributed by atoms with van der Waals surface area (Å²) in [7, 11) is 1.35. The minimum atomic E-state index is -0.370. The van der Waals surface area contributed by atoms with E-state index >= 15 is 0 Å². The van der Waals surface area contributed by atoms with Gasteiger partial charge in [-0.25, -0.2) is 4.79 Å². The maximum absolute atomic E-state index is 11.5. The van der Waals surface area contributed by atoms with Crippen molar-refractivity contribution >= 4 is 5.97 Å². The fraction of sp³-hybridized carbons (Fsp3) is 0.250. The zero-order chi connectivity index (χ0) is 15.1. The molecule has 0 bridgehead atoms. The van der Waals surface area contributed by atoms with Crippen LogP contribution in [0.4, 0.5) is 0 Å². The Balaban J connectivity index is 1.80. The van der Waals surface area contributed by atoms with Crippen LogP contribution in [0, 0.1) is 0 Å². The largest absolute Gasteiger partial charge is 0.494 e. The third-order valence-electron chi connectivity index (χ3n) is 2.99. The van der Waals surface area contributed by atoms with Gasteiger partial charge in [0.2, 0.25) is 5.56 Å². The van der Waals surface area contributed by atoms with Crippen LogP contribution in [0.5, 0.6) is 5.75 Å². The average molecular weight is 287 g/mol. The molecule has 1 heterocycles. The van der Waals surface area contributed by atoms with Gasteiger partial charge >= 0.3 is 5.97 Å². The van der Waals surface area contributed by atoms with E-state index < -0.39 is 0 Å². The lowest BCUT2D eigenvalue weighted by molar-refractivity contribution is 0.0600. The number of aromatic nitrogens is 1.